The van der Waals surface area contributed by atoms with E-state index in [0.29, 0.717) is 10.9 Å². The maximum Gasteiger partial charge on any atom is 0.338 e. The smallest absolute Gasteiger partial charge is 0.338 e. The molecular formula is C12H9N3O3. The van der Waals surface area contributed by atoms with Crippen LogP contribution in [0.3, 0.4) is 0 Å². The van der Waals surface area contributed by atoms with Crippen LogP contribution in [0.1, 0.15) is 27.8 Å². The zero-order chi connectivity index (χ0) is 13.3. The monoisotopic (exact) mass is 243 g/mol. The SMILES string of the molecule is COC(=O)c1cccc2c1c(C#N)nn2C(C)=O. The molecule has 2 aromatic rings. The first-order chi connectivity index (χ1) is 8.60. The molecule has 0 aliphatic rings. The first-order valence-electron chi connectivity index (χ1n) is 5.11. The van der Waals surface area contributed by atoms with E-state index in [1.807, 2.05) is 6.07 Å². The quantitative estimate of drug-likeness (QED) is 0.706. The summed E-state index contributed by atoms with van der Waals surface area (Å²) in [6.07, 6.45) is 0. The van der Waals surface area contributed by atoms with Crippen molar-refractivity contribution in [3.05, 3.63) is 29.5 Å². The van der Waals surface area contributed by atoms with Crippen LogP contribution < -0.4 is 0 Å². The van der Waals surface area contributed by atoms with E-state index in [0.717, 1.165) is 4.68 Å². The Kier molecular flexibility index (Phi) is 2.81. The van der Waals surface area contributed by atoms with Crippen molar-refractivity contribution in [1.82, 2.24) is 9.78 Å². The highest BCUT2D eigenvalue weighted by molar-refractivity contribution is 6.07. The van der Waals surface area contributed by atoms with Crippen molar-refractivity contribution in [3.63, 3.8) is 0 Å². The van der Waals surface area contributed by atoms with Crippen molar-refractivity contribution in [2.45, 2.75) is 6.92 Å². The zero-order valence-electron chi connectivity index (χ0n) is 9.80. The third-order valence-corrected chi connectivity index (χ3v) is 2.52. The molecule has 1 heterocycles. The lowest BCUT2D eigenvalue weighted by molar-refractivity contribution is 0.0602. The standard InChI is InChI=1S/C12H9N3O3/c1-7(16)15-10-5-3-4-8(12(17)18-2)11(10)9(6-13)14-15/h3-5H,1-2H3. The number of carbonyl (C=O) groups is 2. The van der Waals surface area contributed by atoms with Crippen molar-refractivity contribution in [2.75, 3.05) is 7.11 Å². The number of ether oxygens (including phenoxy) is 1. The third-order valence-electron chi connectivity index (χ3n) is 2.52. The van der Waals surface area contributed by atoms with Crippen molar-refractivity contribution >= 4 is 22.8 Å². The highest BCUT2D eigenvalue weighted by Gasteiger charge is 2.19. The van der Waals surface area contributed by atoms with Gasteiger partial charge in [0, 0.05) is 6.92 Å². The Bertz CT molecular complexity index is 694. The van der Waals surface area contributed by atoms with Crippen LogP contribution in [-0.4, -0.2) is 28.8 Å². The molecule has 0 spiro atoms. The number of fused-ring (bicyclic) bond motifs is 1. The summed E-state index contributed by atoms with van der Waals surface area (Å²) in [6, 6.07) is 6.63. The van der Waals surface area contributed by atoms with Gasteiger partial charge in [0.25, 0.3) is 0 Å². The maximum absolute atomic E-state index is 11.6. The number of rotatable bonds is 1. The molecule has 6 heteroatoms. The lowest BCUT2D eigenvalue weighted by Gasteiger charge is -2.01. The first kappa shape index (κ1) is 11.8. The lowest BCUT2D eigenvalue weighted by Crippen LogP contribution is -2.07. The Labute approximate surface area is 102 Å². The molecule has 0 saturated carbocycles. The number of esters is 1. The first-order valence-corrected chi connectivity index (χ1v) is 5.11. The molecule has 0 N–H and O–H groups in total. The van der Waals surface area contributed by atoms with Crippen LogP contribution in [0.25, 0.3) is 10.9 Å². The molecule has 0 bridgehead atoms. The van der Waals surface area contributed by atoms with Gasteiger partial charge in [-0.2, -0.15) is 15.0 Å². The van der Waals surface area contributed by atoms with E-state index in [1.165, 1.54) is 20.1 Å². The fourth-order valence-corrected chi connectivity index (χ4v) is 1.77. The molecule has 0 fully saturated rings. The molecule has 6 nitrogen and oxygen atoms in total. The number of carbonyl (C=O) groups excluding carboxylic acids is 2. The Morgan fingerprint density at radius 3 is 2.72 bits per heavy atom. The molecule has 90 valence electrons. The summed E-state index contributed by atoms with van der Waals surface area (Å²) in [5.74, 6) is -0.899. The summed E-state index contributed by atoms with van der Waals surface area (Å²) in [5.41, 5.74) is 0.669. The van der Waals surface area contributed by atoms with Gasteiger partial charge in [0.15, 0.2) is 5.69 Å². The average molecular weight is 243 g/mol. The van der Waals surface area contributed by atoms with Gasteiger partial charge in [0.1, 0.15) is 6.07 Å². The molecule has 0 amide bonds. The van der Waals surface area contributed by atoms with E-state index in [1.54, 1.807) is 12.1 Å². The van der Waals surface area contributed by atoms with Gasteiger partial charge in [-0.1, -0.05) is 6.07 Å². The number of benzene rings is 1. The van der Waals surface area contributed by atoms with Crippen LogP contribution in [0, 0.1) is 11.3 Å². The van der Waals surface area contributed by atoms with Gasteiger partial charge >= 0.3 is 5.97 Å². The molecule has 0 atom stereocenters. The number of nitriles is 1. The van der Waals surface area contributed by atoms with Crippen LogP contribution in [0.4, 0.5) is 0 Å². The number of hydrogen-bond acceptors (Lipinski definition) is 5. The van der Waals surface area contributed by atoms with E-state index in [-0.39, 0.29) is 17.2 Å². The van der Waals surface area contributed by atoms with Gasteiger partial charge < -0.3 is 4.74 Å². The molecule has 0 saturated heterocycles. The van der Waals surface area contributed by atoms with Gasteiger partial charge in [0.05, 0.1) is 23.6 Å². The highest BCUT2D eigenvalue weighted by atomic mass is 16.5. The van der Waals surface area contributed by atoms with Crippen molar-refractivity contribution < 1.29 is 14.3 Å². The van der Waals surface area contributed by atoms with Crippen LogP contribution in [0.15, 0.2) is 18.2 Å². The second kappa shape index (κ2) is 4.30. The Morgan fingerprint density at radius 2 is 2.17 bits per heavy atom. The molecule has 18 heavy (non-hydrogen) atoms. The van der Waals surface area contributed by atoms with Crippen LogP contribution in [0.5, 0.6) is 0 Å². The summed E-state index contributed by atoms with van der Waals surface area (Å²) >= 11 is 0. The summed E-state index contributed by atoms with van der Waals surface area (Å²) in [6.45, 7) is 1.33. The largest absolute Gasteiger partial charge is 0.465 e. The Morgan fingerprint density at radius 1 is 1.44 bits per heavy atom. The number of methoxy groups -OCH3 is 1. The van der Waals surface area contributed by atoms with E-state index in [2.05, 4.69) is 9.84 Å². The molecule has 0 radical (unpaired) electrons. The molecule has 1 aromatic heterocycles. The van der Waals surface area contributed by atoms with E-state index in [4.69, 9.17) is 5.26 Å². The number of nitrogens with zero attached hydrogens (tertiary/aromatic N) is 3. The van der Waals surface area contributed by atoms with Gasteiger partial charge in [-0.25, -0.2) is 4.79 Å². The second-order valence-corrected chi connectivity index (χ2v) is 3.58. The van der Waals surface area contributed by atoms with Gasteiger partial charge in [-0.3, -0.25) is 4.79 Å². The van der Waals surface area contributed by atoms with E-state index < -0.39 is 5.97 Å². The van der Waals surface area contributed by atoms with E-state index >= 15 is 0 Å². The minimum atomic E-state index is -0.569. The Hall–Kier alpha value is -2.68. The predicted octanol–water partition coefficient (Wildman–Crippen LogP) is 1.35. The normalized spacial score (nSPS) is 10.1. The lowest BCUT2D eigenvalue weighted by atomic mass is 10.1. The third kappa shape index (κ3) is 1.62. The fraction of sp³-hybridized carbons (Fsp3) is 0.167. The van der Waals surface area contributed by atoms with Gasteiger partial charge in [-0.15, -0.1) is 0 Å². The molecule has 0 aliphatic carbocycles. The summed E-state index contributed by atoms with van der Waals surface area (Å²) in [4.78, 5) is 23.0. The van der Waals surface area contributed by atoms with Gasteiger partial charge in [-0.05, 0) is 12.1 Å². The molecule has 0 aliphatic heterocycles. The van der Waals surface area contributed by atoms with Crippen molar-refractivity contribution in [3.8, 4) is 6.07 Å². The summed E-state index contributed by atoms with van der Waals surface area (Å²) in [5, 5.41) is 13.2. The fourth-order valence-electron chi connectivity index (χ4n) is 1.77. The van der Waals surface area contributed by atoms with Crippen LogP contribution in [0.2, 0.25) is 0 Å². The van der Waals surface area contributed by atoms with Crippen molar-refractivity contribution in [2.24, 2.45) is 0 Å². The predicted molar refractivity (Wildman–Crippen MR) is 62.1 cm³/mol. The molecule has 2 rings (SSSR count). The molecule has 1 aromatic carbocycles. The minimum absolute atomic E-state index is 0.0289. The van der Waals surface area contributed by atoms with Crippen LogP contribution >= 0.6 is 0 Å². The summed E-state index contributed by atoms with van der Waals surface area (Å²) < 4.78 is 5.74. The molecule has 0 unspecified atom stereocenters. The zero-order valence-corrected chi connectivity index (χ0v) is 9.80. The number of aromatic nitrogens is 2. The average Bonchev–Trinajstić information content (AvgIpc) is 2.76. The topological polar surface area (TPSA) is 85.0 Å². The van der Waals surface area contributed by atoms with Crippen molar-refractivity contribution in [1.29, 1.82) is 5.26 Å². The highest BCUT2D eigenvalue weighted by Crippen LogP contribution is 2.23. The maximum atomic E-state index is 11.6. The Balaban J connectivity index is 2.89. The van der Waals surface area contributed by atoms with Gasteiger partial charge in [0.2, 0.25) is 5.91 Å². The minimum Gasteiger partial charge on any atom is -0.465 e. The second-order valence-electron chi connectivity index (χ2n) is 3.58. The molecular weight excluding hydrogens is 234 g/mol. The summed E-state index contributed by atoms with van der Waals surface area (Å²) in [7, 11) is 1.25. The van der Waals surface area contributed by atoms with E-state index in [9.17, 15) is 9.59 Å². The van der Waals surface area contributed by atoms with Crippen LogP contribution in [-0.2, 0) is 4.74 Å². The number of hydrogen-bond donors (Lipinski definition) is 0.